The van der Waals surface area contributed by atoms with Crippen molar-refractivity contribution < 1.29 is 9.59 Å². The molecule has 0 radical (unpaired) electrons. The van der Waals surface area contributed by atoms with Crippen LogP contribution < -0.4 is 5.73 Å². The predicted molar refractivity (Wildman–Crippen MR) is 207 cm³/mol. The average Bonchev–Trinajstić information content (AvgIpc) is 2.99. The molecule has 43 heavy (non-hydrogen) atoms. The minimum absolute atomic E-state index is 0. The summed E-state index contributed by atoms with van der Waals surface area (Å²) >= 11 is 6.24. The molecule has 0 aromatic heterocycles. The molecule has 258 valence electrons. The van der Waals surface area contributed by atoms with Gasteiger partial charge in [-0.3, -0.25) is 9.59 Å². The van der Waals surface area contributed by atoms with Crippen molar-refractivity contribution in [3.8, 4) is 0 Å². The topological polar surface area (TPSA) is 60.2 Å². The molecule has 0 spiro atoms. The van der Waals surface area contributed by atoms with Crippen LogP contribution in [0.5, 0.6) is 0 Å². The number of halogens is 1. The maximum atomic E-state index is 12.4. The minimum atomic E-state index is 0. The Balaban J connectivity index is 0. The summed E-state index contributed by atoms with van der Waals surface area (Å²) in [6.07, 6.45) is 32.8. The highest BCUT2D eigenvalue weighted by atomic mass is 35.5. The molecule has 1 unspecified atom stereocenters. The maximum Gasteiger partial charge on any atom is 0.199 e. The second-order valence-electron chi connectivity index (χ2n) is 11.9. The monoisotopic (exact) mass is 699 g/mol. The zero-order valence-electron chi connectivity index (χ0n) is 28.2. The number of unbranched alkanes of at least 4 members (excludes halogenated alkanes) is 22. The molecule has 0 aliphatic carbocycles. The van der Waals surface area contributed by atoms with Gasteiger partial charge in [0.05, 0.1) is 11.5 Å². The lowest BCUT2D eigenvalue weighted by atomic mass is 10.1. The van der Waals surface area contributed by atoms with Gasteiger partial charge in [0.15, 0.2) is 10.2 Å². The number of nitrogens with two attached hydrogens (primary N) is 1. The number of carbonyl (C=O) groups is 2. The smallest absolute Gasteiger partial charge is 0.199 e. The van der Waals surface area contributed by atoms with E-state index in [2.05, 4.69) is 13.8 Å². The van der Waals surface area contributed by atoms with Crippen molar-refractivity contribution in [1.29, 1.82) is 0 Å². The first-order chi connectivity index (χ1) is 20.6. The Hall–Kier alpha value is 0.990. The molecule has 0 aromatic carbocycles. The summed E-state index contributed by atoms with van der Waals surface area (Å²) in [7, 11) is 0. The number of thioether (sulfide) groups is 4. The van der Waals surface area contributed by atoms with E-state index in [0.29, 0.717) is 23.8 Å². The lowest BCUT2D eigenvalue weighted by Gasteiger charge is -2.12. The van der Waals surface area contributed by atoms with E-state index < -0.39 is 0 Å². The first kappa shape index (κ1) is 46.1. The van der Waals surface area contributed by atoms with Gasteiger partial charge in [-0.05, 0) is 24.3 Å². The fourth-order valence-corrected chi connectivity index (χ4v) is 9.00. The SMILES string of the molecule is CCCCCCCCCCCCCCSCC(=O)SCC(CN)SC(=O)CSCCCCCCCCCCCCCC.Cl. The average molecular weight is 701 g/mol. The molecule has 2 N–H and O–H groups in total. The molecular weight excluding hydrogens is 630 g/mol. The maximum absolute atomic E-state index is 12.4. The Morgan fingerprint density at radius 2 is 0.837 bits per heavy atom. The van der Waals surface area contributed by atoms with Crippen LogP contribution in [0.4, 0.5) is 0 Å². The van der Waals surface area contributed by atoms with Crippen molar-refractivity contribution in [1.82, 2.24) is 0 Å². The van der Waals surface area contributed by atoms with Gasteiger partial charge in [0.2, 0.25) is 0 Å². The quantitative estimate of drug-likeness (QED) is 0.0671. The van der Waals surface area contributed by atoms with E-state index in [4.69, 9.17) is 5.73 Å². The largest absolute Gasteiger partial charge is 0.329 e. The number of hydrogen-bond acceptors (Lipinski definition) is 7. The highest BCUT2D eigenvalue weighted by Crippen LogP contribution is 2.22. The Bertz CT molecular complexity index is 586. The Labute approximate surface area is 291 Å². The van der Waals surface area contributed by atoms with Crippen molar-refractivity contribution in [2.45, 2.75) is 173 Å². The zero-order valence-corrected chi connectivity index (χ0v) is 32.3. The van der Waals surface area contributed by atoms with Gasteiger partial charge in [0.25, 0.3) is 0 Å². The highest BCUT2D eigenvalue weighted by Gasteiger charge is 2.15. The fraction of sp³-hybridized carbons (Fsp3) is 0.943. The molecule has 1 atom stereocenters. The summed E-state index contributed by atoms with van der Waals surface area (Å²) in [5.41, 5.74) is 5.91. The molecule has 0 amide bonds. The van der Waals surface area contributed by atoms with Crippen LogP contribution in [0.2, 0.25) is 0 Å². The molecule has 0 saturated carbocycles. The van der Waals surface area contributed by atoms with Gasteiger partial charge in [-0.1, -0.05) is 179 Å². The Morgan fingerprint density at radius 1 is 0.512 bits per heavy atom. The van der Waals surface area contributed by atoms with Gasteiger partial charge >= 0.3 is 0 Å². The molecule has 0 saturated heterocycles. The molecular formula is C35H70ClNO2S4. The zero-order chi connectivity index (χ0) is 30.8. The number of carbonyl (C=O) groups excluding carboxylic acids is 2. The van der Waals surface area contributed by atoms with E-state index >= 15 is 0 Å². The van der Waals surface area contributed by atoms with Gasteiger partial charge in [-0.25, -0.2) is 0 Å². The van der Waals surface area contributed by atoms with Crippen LogP contribution in [0.3, 0.4) is 0 Å². The van der Waals surface area contributed by atoms with Crippen LogP contribution in [0, 0.1) is 0 Å². The summed E-state index contributed by atoms with van der Waals surface area (Å²) in [5, 5.41) is 0.482. The van der Waals surface area contributed by atoms with Crippen LogP contribution in [-0.2, 0) is 9.59 Å². The molecule has 0 heterocycles. The van der Waals surface area contributed by atoms with Crippen LogP contribution >= 0.6 is 59.5 Å². The third-order valence-electron chi connectivity index (χ3n) is 7.72. The van der Waals surface area contributed by atoms with Crippen molar-refractivity contribution in [3.63, 3.8) is 0 Å². The Kier molecular flexibility index (Phi) is 42.0. The van der Waals surface area contributed by atoms with E-state index in [1.54, 1.807) is 23.5 Å². The molecule has 0 fully saturated rings. The van der Waals surface area contributed by atoms with E-state index in [-0.39, 0.29) is 27.9 Å². The second-order valence-corrected chi connectivity index (χ2v) is 16.6. The summed E-state index contributed by atoms with van der Waals surface area (Å²) in [6, 6.07) is 0. The number of rotatable bonds is 34. The van der Waals surface area contributed by atoms with E-state index in [1.807, 2.05) is 0 Å². The second kappa shape index (κ2) is 39.2. The number of hydrogen-bond donors (Lipinski definition) is 1. The summed E-state index contributed by atoms with van der Waals surface area (Å²) in [5.74, 6) is 3.93. The van der Waals surface area contributed by atoms with Crippen LogP contribution in [-0.4, -0.2) is 50.8 Å². The van der Waals surface area contributed by atoms with E-state index in [1.165, 1.54) is 178 Å². The molecule has 0 rings (SSSR count). The molecule has 0 aromatic rings. The molecule has 0 bridgehead atoms. The van der Waals surface area contributed by atoms with Crippen LogP contribution in [0.15, 0.2) is 0 Å². The van der Waals surface area contributed by atoms with E-state index in [9.17, 15) is 9.59 Å². The van der Waals surface area contributed by atoms with Crippen molar-refractivity contribution >= 4 is 69.7 Å². The van der Waals surface area contributed by atoms with Gasteiger partial charge < -0.3 is 5.73 Å². The molecule has 0 aliphatic rings. The first-order valence-corrected chi connectivity index (χ1v) is 22.0. The lowest BCUT2D eigenvalue weighted by Crippen LogP contribution is -2.22. The van der Waals surface area contributed by atoms with Crippen LogP contribution in [0.1, 0.15) is 168 Å². The third-order valence-corrected chi connectivity index (χ3v) is 12.5. The first-order valence-electron chi connectivity index (χ1n) is 17.8. The normalized spacial score (nSPS) is 11.9. The summed E-state index contributed by atoms with van der Waals surface area (Å²) in [4.78, 5) is 24.7. The van der Waals surface area contributed by atoms with E-state index in [0.717, 1.165) is 11.5 Å². The Morgan fingerprint density at radius 3 is 1.19 bits per heavy atom. The summed E-state index contributed by atoms with van der Waals surface area (Å²) in [6.45, 7) is 5.00. The highest BCUT2D eigenvalue weighted by molar-refractivity contribution is 8.19. The molecule has 8 heteroatoms. The van der Waals surface area contributed by atoms with Crippen molar-refractivity contribution in [2.24, 2.45) is 5.73 Å². The van der Waals surface area contributed by atoms with Crippen LogP contribution in [0.25, 0.3) is 0 Å². The minimum Gasteiger partial charge on any atom is -0.329 e. The third kappa shape index (κ3) is 37.3. The van der Waals surface area contributed by atoms with Gasteiger partial charge in [0.1, 0.15) is 0 Å². The van der Waals surface area contributed by atoms with Crippen molar-refractivity contribution in [3.05, 3.63) is 0 Å². The lowest BCUT2D eigenvalue weighted by molar-refractivity contribution is -0.109. The summed E-state index contributed by atoms with van der Waals surface area (Å²) < 4.78 is 0. The van der Waals surface area contributed by atoms with Gasteiger partial charge in [-0.2, -0.15) is 23.5 Å². The molecule has 0 aliphatic heterocycles. The van der Waals surface area contributed by atoms with Gasteiger partial charge in [-0.15, -0.1) is 12.4 Å². The molecule has 3 nitrogen and oxygen atoms in total. The van der Waals surface area contributed by atoms with Crippen molar-refractivity contribution in [2.75, 3.05) is 35.3 Å². The predicted octanol–water partition coefficient (Wildman–Crippen LogP) is 12.1. The standard InChI is InChI=1S/C35H69NO2S4.ClH/c1-3-5-7-9-11-13-15-17-19-21-23-25-27-39-31-34(37)41-30-33(29-36)42-35(38)32-40-28-26-24-22-20-18-16-14-12-10-8-6-4-2;/h33H,3-32,36H2,1-2H3;1H. The van der Waals surface area contributed by atoms with Gasteiger partial charge in [0, 0.05) is 17.5 Å². The fourth-order valence-electron chi connectivity index (χ4n) is 5.00.